The summed E-state index contributed by atoms with van der Waals surface area (Å²) in [6.45, 7) is 0.113. The van der Waals surface area contributed by atoms with Gasteiger partial charge in [0.15, 0.2) is 0 Å². The van der Waals surface area contributed by atoms with Crippen molar-refractivity contribution in [2.24, 2.45) is 5.41 Å². The molecule has 0 aliphatic heterocycles. The van der Waals surface area contributed by atoms with Gasteiger partial charge in [-0.3, -0.25) is 0 Å². The lowest BCUT2D eigenvalue weighted by atomic mass is 9.31. The Morgan fingerprint density at radius 1 is 1.07 bits per heavy atom. The van der Waals surface area contributed by atoms with Gasteiger partial charge in [-0.2, -0.15) is 0 Å². The summed E-state index contributed by atoms with van der Waals surface area (Å²) in [5.41, 5.74) is 1.69. The quantitative estimate of drug-likeness (QED) is 0.767. The zero-order valence-electron chi connectivity index (χ0n) is 15.7. The molecule has 3 aliphatic rings. The number of amides is 1. The number of carbonyl (C=O) groups excluding carboxylic acids is 1. The van der Waals surface area contributed by atoms with E-state index >= 15 is 0 Å². The van der Waals surface area contributed by atoms with Crippen LogP contribution in [0.3, 0.4) is 0 Å². The van der Waals surface area contributed by atoms with Crippen molar-refractivity contribution in [3.8, 4) is 5.75 Å². The minimum absolute atomic E-state index is 0.0234. The molecule has 0 radical (unpaired) electrons. The van der Waals surface area contributed by atoms with E-state index in [-0.39, 0.29) is 12.0 Å². The smallest absolute Gasteiger partial charge is 0.408 e. The number of ether oxygens (including phenoxy) is 2. The second kappa shape index (κ2) is 6.86. The first-order valence-corrected chi connectivity index (χ1v) is 9.31. The number of hydrogen-bond donors (Lipinski definition) is 2. The number of nitrogens with one attached hydrogen (secondary N) is 1. The average molecular weight is 381 g/mol. The molecule has 3 fully saturated rings. The molecule has 2 bridgehead atoms. The molecule has 1 atom stereocenters. The van der Waals surface area contributed by atoms with Gasteiger partial charge in [0.05, 0.1) is 7.11 Å². The van der Waals surface area contributed by atoms with Gasteiger partial charge in [-0.15, -0.1) is 0 Å². The minimum Gasteiger partial charge on any atom is -0.497 e. The summed E-state index contributed by atoms with van der Waals surface area (Å²) in [5.74, 6) is -0.212. The molecule has 6 nitrogen and oxygen atoms in total. The van der Waals surface area contributed by atoms with E-state index in [1.165, 1.54) is 5.56 Å². The SMILES string of the molecule is COc1ccc(C23CC(C(NC(=O)OCc4ccccc4)C(=O)O)(C2)C3)cc1. The number of alkyl carbamates (subject to hydrolysis) is 1. The van der Waals surface area contributed by atoms with Crippen LogP contribution in [0.25, 0.3) is 0 Å². The van der Waals surface area contributed by atoms with E-state index in [1.807, 2.05) is 54.6 Å². The van der Waals surface area contributed by atoms with Crippen LogP contribution >= 0.6 is 0 Å². The predicted molar refractivity (Wildman–Crippen MR) is 102 cm³/mol. The zero-order chi connectivity index (χ0) is 19.8. The number of carboxylic acid groups (broad SMARTS) is 1. The normalized spacial score (nSPS) is 25.6. The Hall–Kier alpha value is -3.02. The van der Waals surface area contributed by atoms with Gasteiger partial charge in [0, 0.05) is 5.41 Å². The van der Waals surface area contributed by atoms with E-state index in [0.717, 1.165) is 30.6 Å². The molecule has 1 unspecified atom stereocenters. The molecular weight excluding hydrogens is 358 g/mol. The lowest BCUT2D eigenvalue weighted by Crippen LogP contribution is -2.73. The van der Waals surface area contributed by atoms with Gasteiger partial charge in [-0.25, -0.2) is 9.59 Å². The van der Waals surface area contributed by atoms with E-state index in [2.05, 4.69) is 5.32 Å². The molecule has 0 aromatic heterocycles. The Labute approximate surface area is 163 Å². The van der Waals surface area contributed by atoms with Crippen molar-refractivity contribution in [3.05, 3.63) is 65.7 Å². The molecule has 3 saturated carbocycles. The Kier molecular flexibility index (Phi) is 4.49. The molecular formula is C22H23NO5. The third-order valence-corrected chi connectivity index (χ3v) is 6.11. The molecule has 3 aliphatic carbocycles. The highest BCUT2D eigenvalue weighted by molar-refractivity contribution is 5.82. The van der Waals surface area contributed by atoms with Crippen LogP contribution in [0.1, 0.15) is 30.4 Å². The van der Waals surface area contributed by atoms with E-state index < -0.39 is 23.5 Å². The highest BCUT2D eigenvalue weighted by atomic mass is 16.5. The second-order valence-electron chi connectivity index (χ2n) is 7.88. The van der Waals surface area contributed by atoms with Gasteiger partial charge < -0.3 is 19.9 Å². The summed E-state index contributed by atoms with van der Waals surface area (Å²) < 4.78 is 10.4. The maximum Gasteiger partial charge on any atom is 0.408 e. The van der Waals surface area contributed by atoms with Crippen LogP contribution in [0, 0.1) is 5.41 Å². The molecule has 6 heteroatoms. The summed E-state index contributed by atoms with van der Waals surface area (Å²) in [6.07, 6.45) is 1.56. The summed E-state index contributed by atoms with van der Waals surface area (Å²) in [4.78, 5) is 24.0. The van der Waals surface area contributed by atoms with Gasteiger partial charge in [0.2, 0.25) is 0 Å². The molecule has 2 N–H and O–H groups in total. The first-order valence-electron chi connectivity index (χ1n) is 9.31. The summed E-state index contributed by atoms with van der Waals surface area (Å²) in [7, 11) is 1.63. The van der Waals surface area contributed by atoms with E-state index in [4.69, 9.17) is 9.47 Å². The van der Waals surface area contributed by atoms with Crippen molar-refractivity contribution in [1.82, 2.24) is 5.32 Å². The maximum atomic E-state index is 12.1. The molecule has 0 saturated heterocycles. The molecule has 0 heterocycles. The van der Waals surface area contributed by atoms with Gasteiger partial charge in [-0.05, 0) is 47.9 Å². The Balaban J connectivity index is 1.36. The van der Waals surface area contributed by atoms with Crippen LogP contribution in [0.2, 0.25) is 0 Å². The first-order chi connectivity index (χ1) is 13.5. The van der Waals surface area contributed by atoms with Gasteiger partial charge >= 0.3 is 12.1 Å². The van der Waals surface area contributed by atoms with Gasteiger partial charge in [0.1, 0.15) is 18.4 Å². The molecule has 146 valence electrons. The number of hydrogen-bond acceptors (Lipinski definition) is 4. The largest absolute Gasteiger partial charge is 0.497 e. The van der Waals surface area contributed by atoms with Crippen molar-refractivity contribution < 1.29 is 24.2 Å². The topological polar surface area (TPSA) is 84.9 Å². The van der Waals surface area contributed by atoms with Crippen molar-refractivity contribution in [3.63, 3.8) is 0 Å². The number of rotatable bonds is 7. The predicted octanol–water partition coefficient (Wildman–Crippen LogP) is 3.50. The molecule has 1 amide bonds. The summed E-state index contributed by atoms with van der Waals surface area (Å²) in [6, 6.07) is 16.3. The highest BCUT2D eigenvalue weighted by Crippen LogP contribution is 2.75. The average Bonchev–Trinajstić information content (AvgIpc) is 2.65. The molecule has 0 spiro atoms. The Morgan fingerprint density at radius 2 is 1.71 bits per heavy atom. The number of carbonyl (C=O) groups is 2. The lowest BCUT2D eigenvalue weighted by molar-refractivity contribution is -0.183. The minimum atomic E-state index is -1.01. The van der Waals surface area contributed by atoms with Crippen LogP contribution in [-0.2, 0) is 21.6 Å². The fraction of sp³-hybridized carbons (Fsp3) is 0.364. The van der Waals surface area contributed by atoms with E-state index in [9.17, 15) is 14.7 Å². The molecule has 28 heavy (non-hydrogen) atoms. The van der Waals surface area contributed by atoms with Crippen LogP contribution < -0.4 is 10.1 Å². The van der Waals surface area contributed by atoms with Crippen molar-refractivity contribution in [1.29, 1.82) is 0 Å². The Bertz CT molecular complexity index is 858. The second-order valence-corrected chi connectivity index (χ2v) is 7.88. The third-order valence-electron chi connectivity index (χ3n) is 6.11. The third kappa shape index (κ3) is 3.09. The van der Waals surface area contributed by atoms with Crippen molar-refractivity contribution in [2.75, 3.05) is 7.11 Å². The van der Waals surface area contributed by atoms with Crippen LogP contribution in [-0.4, -0.2) is 30.3 Å². The standard InChI is InChI=1S/C22H23NO5/c1-27-17-9-7-16(8-10-17)21-12-22(13-21,14-21)18(19(24)25)23-20(26)28-11-15-5-3-2-4-6-15/h2-10,18H,11-14H2,1H3,(H,23,26)(H,24,25). The van der Waals surface area contributed by atoms with Gasteiger partial charge in [-0.1, -0.05) is 42.5 Å². The van der Waals surface area contributed by atoms with Crippen LogP contribution in [0.5, 0.6) is 5.75 Å². The maximum absolute atomic E-state index is 12.1. The van der Waals surface area contributed by atoms with Crippen molar-refractivity contribution >= 4 is 12.1 Å². The molecule has 5 rings (SSSR count). The highest BCUT2D eigenvalue weighted by Gasteiger charge is 2.72. The summed E-state index contributed by atoms with van der Waals surface area (Å²) in [5, 5.41) is 12.2. The van der Waals surface area contributed by atoms with Gasteiger partial charge in [0.25, 0.3) is 0 Å². The zero-order valence-corrected chi connectivity index (χ0v) is 15.7. The number of aliphatic carboxylic acids is 1. The van der Waals surface area contributed by atoms with E-state index in [0.29, 0.717) is 0 Å². The number of carboxylic acids is 1. The molecule has 2 aromatic rings. The summed E-state index contributed by atoms with van der Waals surface area (Å²) >= 11 is 0. The fourth-order valence-electron chi connectivity index (χ4n) is 4.78. The lowest BCUT2D eigenvalue weighted by Gasteiger charge is -2.72. The van der Waals surface area contributed by atoms with Crippen molar-refractivity contribution in [2.45, 2.75) is 37.3 Å². The monoisotopic (exact) mass is 381 g/mol. The molecule has 2 aromatic carbocycles. The Morgan fingerprint density at radius 3 is 2.29 bits per heavy atom. The van der Waals surface area contributed by atoms with Crippen LogP contribution in [0.4, 0.5) is 4.79 Å². The number of benzene rings is 2. The first kappa shape index (κ1) is 18.3. The van der Waals surface area contributed by atoms with Crippen LogP contribution in [0.15, 0.2) is 54.6 Å². The number of methoxy groups -OCH3 is 1. The van der Waals surface area contributed by atoms with E-state index in [1.54, 1.807) is 7.11 Å². The fourth-order valence-corrected chi connectivity index (χ4v) is 4.78.